The van der Waals surface area contributed by atoms with Crippen LogP contribution in [0.25, 0.3) is 0 Å². The van der Waals surface area contributed by atoms with Crippen LogP contribution in [0.5, 0.6) is 5.75 Å². The third-order valence-corrected chi connectivity index (χ3v) is 3.74. The van der Waals surface area contributed by atoms with Gasteiger partial charge in [-0.2, -0.15) is 0 Å². The summed E-state index contributed by atoms with van der Waals surface area (Å²) in [6, 6.07) is 8.36. The molecule has 1 heterocycles. The summed E-state index contributed by atoms with van der Waals surface area (Å²) in [6.45, 7) is 7.16. The Morgan fingerprint density at radius 3 is 3.00 bits per heavy atom. The molecule has 0 radical (unpaired) electrons. The normalized spacial score (nSPS) is 22.1. The molecule has 0 aromatic heterocycles. The van der Waals surface area contributed by atoms with Crippen LogP contribution < -0.4 is 15.4 Å². The van der Waals surface area contributed by atoms with Gasteiger partial charge < -0.3 is 15.4 Å². The molecule has 1 aliphatic heterocycles. The first kappa shape index (κ1) is 15.8. The van der Waals surface area contributed by atoms with Gasteiger partial charge in [0.05, 0.1) is 12.5 Å². The fourth-order valence-electron chi connectivity index (χ4n) is 2.69. The molecule has 1 amide bonds. The molecule has 0 bridgehead atoms. The van der Waals surface area contributed by atoms with Gasteiger partial charge in [0.1, 0.15) is 5.75 Å². The van der Waals surface area contributed by atoms with Crippen molar-refractivity contribution < 1.29 is 9.53 Å². The van der Waals surface area contributed by atoms with E-state index >= 15 is 0 Å². The van der Waals surface area contributed by atoms with Crippen LogP contribution in [0.15, 0.2) is 24.3 Å². The fourth-order valence-corrected chi connectivity index (χ4v) is 2.69. The number of carbonyl (C=O) groups is 1. The Bertz CT molecular complexity index is 474. The predicted molar refractivity (Wildman–Crippen MR) is 84.5 cm³/mol. The van der Waals surface area contributed by atoms with Crippen LogP contribution in [0, 0.1) is 0 Å². The highest BCUT2D eigenvalue weighted by Gasteiger charge is 2.22. The zero-order valence-corrected chi connectivity index (χ0v) is 13.2. The highest BCUT2D eigenvalue weighted by molar-refractivity contribution is 5.79. The van der Waals surface area contributed by atoms with E-state index in [2.05, 4.69) is 17.6 Å². The third-order valence-electron chi connectivity index (χ3n) is 3.74. The van der Waals surface area contributed by atoms with E-state index < -0.39 is 0 Å². The van der Waals surface area contributed by atoms with Gasteiger partial charge in [0, 0.05) is 12.1 Å². The minimum absolute atomic E-state index is 0.0808. The van der Waals surface area contributed by atoms with Gasteiger partial charge in [0.2, 0.25) is 5.91 Å². The number of carbonyl (C=O) groups excluding carboxylic acids is 1. The zero-order chi connectivity index (χ0) is 15.2. The van der Waals surface area contributed by atoms with Gasteiger partial charge >= 0.3 is 0 Å². The van der Waals surface area contributed by atoms with Crippen LogP contribution in [-0.2, 0) is 11.2 Å². The molecule has 1 aromatic carbocycles. The number of piperidine rings is 1. The molecule has 2 atom stereocenters. The average molecular weight is 290 g/mol. The van der Waals surface area contributed by atoms with E-state index in [0.717, 1.165) is 30.7 Å². The Kier molecular flexibility index (Phi) is 5.62. The lowest BCUT2D eigenvalue weighted by Gasteiger charge is -2.30. The summed E-state index contributed by atoms with van der Waals surface area (Å²) in [5, 5.41) is 6.53. The van der Waals surface area contributed by atoms with Crippen LogP contribution in [0.4, 0.5) is 0 Å². The molecule has 2 rings (SSSR count). The smallest absolute Gasteiger partial charge is 0.224 e. The molecule has 0 aliphatic carbocycles. The minimum atomic E-state index is 0.0808. The summed E-state index contributed by atoms with van der Waals surface area (Å²) >= 11 is 0. The monoisotopic (exact) mass is 290 g/mol. The van der Waals surface area contributed by atoms with Gasteiger partial charge in [-0.3, -0.25) is 4.79 Å². The molecule has 2 unspecified atom stereocenters. The van der Waals surface area contributed by atoms with Crippen LogP contribution >= 0.6 is 0 Å². The zero-order valence-electron chi connectivity index (χ0n) is 13.2. The first-order valence-electron chi connectivity index (χ1n) is 7.83. The molecule has 116 valence electrons. The van der Waals surface area contributed by atoms with E-state index in [9.17, 15) is 4.79 Å². The second kappa shape index (κ2) is 7.46. The first-order valence-corrected chi connectivity index (χ1v) is 7.83. The van der Waals surface area contributed by atoms with E-state index in [-0.39, 0.29) is 18.1 Å². The summed E-state index contributed by atoms with van der Waals surface area (Å²) < 4.78 is 5.66. The van der Waals surface area contributed by atoms with Crippen molar-refractivity contribution in [1.29, 1.82) is 0 Å². The van der Waals surface area contributed by atoms with Crippen molar-refractivity contribution in [1.82, 2.24) is 10.6 Å². The lowest BCUT2D eigenvalue weighted by molar-refractivity contribution is -0.121. The van der Waals surface area contributed by atoms with Gasteiger partial charge in [0.25, 0.3) is 0 Å². The predicted octanol–water partition coefficient (Wildman–Crippen LogP) is 2.27. The van der Waals surface area contributed by atoms with E-state index in [1.807, 2.05) is 38.1 Å². The number of amides is 1. The number of nitrogens with one attached hydrogen (secondary N) is 2. The quantitative estimate of drug-likeness (QED) is 0.874. The van der Waals surface area contributed by atoms with Crippen LogP contribution in [-0.4, -0.2) is 30.6 Å². The van der Waals surface area contributed by atoms with Crippen molar-refractivity contribution in [3.05, 3.63) is 29.8 Å². The molecule has 1 fully saturated rings. The lowest BCUT2D eigenvalue weighted by atomic mass is 9.99. The number of rotatable bonds is 5. The molecular formula is C17H26N2O2. The van der Waals surface area contributed by atoms with Gasteiger partial charge in [-0.1, -0.05) is 12.1 Å². The molecular weight excluding hydrogens is 264 g/mol. The van der Waals surface area contributed by atoms with Gasteiger partial charge in [-0.25, -0.2) is 0 Å². The molecule has 0 spiro atoms. The summed E-state index contributed by atoms with van der Waals surface area (Å²) in [5.74, 6) is 0.903. The second-order valence-electron chi connectivity index (χ2n) is 6.05. The van der Waals surface area contributed by atoms with Crippen molar-refractivity contribution in [2.24, 2.45) is 0 Å². The van der Waals surface area contributed by atoms with Gasteiger partial charge in [-0.15, -0.1) is 0 Å². The van der Waals surface area contributed by atoms with E-state index in [1.54, 1.807) is 0 Å². The van der Waals surface area contributed by atoms with Crippen LogP contribution in [0.3, 0.4) is 0 Å². The molecule has 1 saturated heterocycles. The Labute approximate surface area is 127 Å². The van der Waals surface area contributed by atoms with Gasteiger partial charge in [-0.05, 0) is 57.9 Å². The number of ether oxygens (including phenoxy) is 1. The maximum Gasteiger partial charge on any atom is 0.224 e. The first-order chi connectivity index (χ1) is 10.0. The molecule has 21 heavy (non-hydrogen) atoms. The number of hydrogen-bond donors (Lipinski definition) is 2. The molecule has 0 saturated carbocycles. The molecule has 1 aromatic rings. The van der Waals surface area contributed by atoms with Crippen molar-refractivity contribution in [2.75, 3.05) is 6.54 Å². The standard InChI is InChI=1S/C17H26N2O2/c1-12(2)21-15-7-4-6-14(10-15)11-17(20)19-16-8-5-9-18-13(16)3/h4,6-7,10,12-13,16,18H,5,8-9,11H2,1-3H3,(H,19,20). The maximum atomic E-state index is 12.2. The number of benzene rings is 1. The lowest BCUT2D eigenvalue weighted by Crippen LogP contribution is -2.52. The Hall–Kier alpha value is -1.55. The van der Waals surface area contributed by atoms with E-state index in [0.29, 0.717) is 12.5 Å². The largest absolute Gasteiger partial charge is 0.491 e. The SMILES string of the molecule is CC(C)Oc1cccc(CC(=O)NC2CCCNC2C)c1. The molecule has 2 N–H and O–H groups in total. The maximum absolute atomic E-state index is 12.2. The minimum Gasteiger partial charge on any atom is -0.491 e. The highest BCUT2D eigenvalue weighted by atomic mass is 16.5. The van der Waals surface area contributed by atoms with E-state index in [4.69, 9.17) is 4.74 Å². The summed E-state index contributed by atoms with van der Waals surface area (Å²) in [4.78, 5) is 12.2. The summed E-state index contributed by atoms with van der Waals surface area (Å²) in [6.07, 6.45) is 2.71. The van der Waals surface area contributed by atoms with Gasteiger partial charge in [0.15, 0.2) is 0 Å². The third kappa shape index (κ3) is 5.05. The van der Waals surface area contributed by atoms with Crippen molar-refractivity contribution in [3.63, 3.8) is 0 Å². The average Bonchev–Trinajstić information content (AvgIpc) is 2.41. The number of hydrogen-bond acceptors (Lipinski definition) is 3. The second-order valence-corrected chi connectivity index (χ2v) is 6.05. The fraction of sp³-hybridized carbons (Fsp3) is 0.588. The molecule has 4 nitrogen and oxygen atoms in total. The summed E-state index contributed by atoms with van der Waals surface area (Å²) in [7, 11) is 0. The van der Waals surface area contributed by atoms with Crippen LogP contribution in [0.2, 0.25) is 0 Å². The van der Waals surface area contributed by atoms with E-state index in [1.165, 1.54) is 0 Å². The highest BCUT2D eigenvalue weighted by Crippen LogP contribution is 2.16. The van der Waals surface area contributed by atoms with Crippen LogP contribution in [0.1, 0.15) is 39.2 Å². The Morgan fingerprint density at radius 1 is 1.48 bits per heavy atom. The topological polar surface area (TPSA) is 50.4 Å². The van der Waals surface area contributed by atoms with Crippen molar-refractivity contribution in [2.45, 2.75) is 58.2 Å². The molecule has 4 heteroatoms. The Balaban J connectivity index is 1.90. The Morgan fingerprint density at radius 2 is 2.29 bits per heavy atom. The molecule has 1 aliphatic rings. The van der Waals surface area contributed by atoms with Crippen molar-refractivity contribution >= 4 is 5.91 Å². The van der Waals surface area contributed by atoms with Crippen molar-refractivity contribution in [3.8, 4) is 5.75 Å². The summed E-state index contributed by atoms with van der Waals surface area (Å²) in [5.41, 5.74) is 0.988.